The summed E-state index contributed by atoms with van der Waals surface area (Å²) < 4.78 is 41.3. The van der Waals surface area contributed by atoms with Crippen molar-refractivity contribution in [1.29, 1.82) is 0 Å². The van der Waals surface area contributed by atoms with Gasteiger partial charge in [0, 0.05) is 19.5 Å². The van der Waals surface area contributed by atoms with Gasteiger partial charge in [0.2, 0.25) is 11.9 Å². The van der Waals surface area contributed by atoms with Gasteiger partial charge in [0.05, 0.1) is 6.54 Å². The number of rotatable bonds is 8. The van der Waals surface area contributed by atoms with Crippen LogP contribution in [0.5, 0.6) is 0 Å². The smallest absolute Gasteiger partial charge is 0.329 e. The van der Waals surface area contributed by atoms with Gasteiger partial charge in [0.15, 0.2) is 17.5 Å². The number of benzene rings is 1. The van der Waals surface area contributed by atoms with Crippen LogP contribution in [0.15, 0.2) is 41.3 Å². The predicted molar refractivity (Wildman–Crippen MR) is 127 cm³/mol. The quantitative estimate of drug-likeness (QED) is 0.515. The molecule has 1 aromatic rings. The minimum Gasteiger partial charge on any atom is -0.333 e. The number of nitrogens with zero attached hydrogens (tertiary/aromatic N) is 3. The van der Waals surface area contributed by atoms with Gasteiger partial charge in [0.25, 0.3) is 0 Å². The molecule has 1 aliphatic heterocycles. The fourth-order valence-electron chi connectivity index (χ4n) is 4.33. The molecule has 1 aromatic carbocycles. The average molecular weight is 492 g/mol. The van der Waals surface area contributed by atoms with E-state index in [0.29, 0.717) is 18.3 Å². The molecule has 0 aromatic heterocycles. The molecule has 10 heteroatoms. The summed E-state index contributed by atoms with van der Waals surface area (Å²) in [5.74, 6) is -3.31. The molecule has 35 heavy (non-hydrogen) atoms. The summed E-state index contributed by atoms with van der Waals surface area (Å²) in [4.78, 5) is 32.7. The van der Waals surface area contributed by atoms with Gasteiger partial charge in [-0.3, -0.25) is 24.9 Å². The highest BCUT2D eigenvalue weighted by Gasteiger charge is 2.33. The summed E-state index contributed by atoms with van der Waals surface area (Å²) in [6.45, 7) is 4.02. The van der Waals surface area contributed by atoms with E-state index in [4.69, 9.17) is 0 Å². The molecule has 1 saturated heterocycles. The van der Waals surface area contributed by atoms with Crippen LogP contribution in [-0.4, -0.2) is 40.8 Å². The number of carbonyl (C=O) groups is 2. The summed E-state index contributed by atoms with van der Waals surface area (Å²) in [6, 6.07) is 1.40. The van der Waals surface area contributed by atoms with Crippen molar-refractivity contribution in [2.75, 3.05) is 13.1 Å². The van der Waals surface area contributed by atoms with E-state index in [1.54, 1.807) is 30.9 Å². The van der Waals surface area contributed by atoms with Crippen LogP contribution < -0.4 is 10.6 Å². The van der Waals surface area contributed by atoms with E-state index in [0.717, 1.165) is 37.8 Å². The van der Waals surface area contributed by atoms with Gasteiger partial charge in [-0.1, -0.05) is 25.3 Å². The van der Waals surface area contributed by atoms with Gasteiger partial charge < -0.3 is 5.32 Å². The van der Waals surface area contributed by atoms with E-state index in [2.05, 4.69) is 15.6 Å². The molecule has 1 saturated carbocycles. The van der Waals surface area contributed by atoms with E-state index in [1.807, 2.05) is 0 Å². The first-order chi connectivity index (χ1) is 16.8. The molecular formula is C25H32F3N5O2. The summed E-state index contributed by atoms with van der Waals surface area (Å²) >= 11 is 0. The Kier molecular flexibility index (Phi) is 9.33. The van der Waals surface area contributed by atoms with Crippen molar-refractivity contribution >= 4 is 17.9 Å². The van der Waals surface area contributed by atoms with Crippen molar-refractivity contribution in [3.63, 3.8) is 0 Å². The fraction of sp³-hybridized carbons (Fsp3) is 0.480. The Morgan fingerprint density at radius 2 is 1.83 bits per heavy atom. The van der Waals surface area contributed by atoms with Gasteiger partial charge in [0.1, 0.15) is 5.82 Å². The molecule has 2 fully saturated rings. The van der Waals surface area contributed by atoms with Crippen LogP contribution in [0.3, 0.4) is 0 Å². The average Bonchev–Trinajstić information content (AvgIpc) is 2.85. The van der Waals surface area contributed by atoms with E-state index in [9.17, 15) is 22.8 Å². The highest BCUT2D eigenvalue weighted by molar-refractivity contribution is 6.00. The number of carbonyl (C=O) groups excluding carboxylic acids is 2. The Hall–Kier alpha value is -3.30. The molecular weight excluding hydrogens is 459 g/mol. The van der Waals surface area contributed by atoms with E-state index < -0.39 is 23.5 Å². The molecule has 0 unspecified atom stereocenters. The lowest BCUT2D eigenvalue weighted by Crippen LogP contribution is -2.58. The number of aliphatic imine (C=N–C) groups is 1. The minimum absolute atomic E-state index is 0.0390. The Balaban J connectivity index is 1.87. The third-order valence-corrected chi connectivity index (χ3v) is 6.11. The third kappa shape index (κ3) is 6.86. The molecule has 2 aliphatic rings. The first kappa shape index (κ1) is 26.3. The molecule has 0 atom stereocenters. The van der Waals surface area contributed by atoms with Crippen LogP contribution in [0.2, 0.25) is 0 Å². The molecule has 0 bridgehead atoms. The van der Waals surface area contributed by atoms with Crippen LogP contribution in [0.4, 0.5) is 18.0 Å². The highest BCUT2D eigenvalue weighted by atomic mass is 19.2. The molecule has 0 spiro atoms. The van der Waals surface area contributed by atoms with E-state index in [1.165, 1.54) is 17.5 Å². The second kappa shape index (κ2) is 12.4. The lowest BCUT2D eigenvalue weighted by molar-refractivity contribution is -0.120. The maximum Gasteiger partial charge on any atom is 0.329 e. The van der Waals surface area contributed by atoms with Gasteiger partial charge in [-0.15, -0.1) is 0 Å². The number of nitrogens with one attached hydrogen (secondary N) is 2. The molecule has 2 N–H and O–H groups in total. The van der Waals surface area contributed by atoms with Crippen molar-refractivity contribution in [1.82, 2.24) is 20.4 Å². The van der Waals surface area contributed by atoms with Gasteiger partial charge in [-0.2, -0.15) is 0 Å². The number of amides is 3. The molecule has 3 amide bonds. The Morgan fingerprint density at radius 1 is 1.14 bits per heavy atom. The summed E-state index contributed by atoms with van der Waals surface area (Å²) in [6.07, 6.45) is 10.5. The number of guanidine groups is 1. The van der Waals surface area contributed by atoms with Gasteiger partial charge in [-0.25, -0.2) is 18.0 Å². The maximum absolute atomic E-state index is 13.9. The standard InChI is InChI=1S/C25H32F3N5O2/c1-3-11-29-21(34)10-12-32-22(4-2)33(16-18-13-19(26)23(28)20(27)14-18)24(31-25(32)35)30-15-17-8-6-5-7-9-17/h3-4,11,13-14,17H,5-10,12,15-16H2,1-2H3,(H,29,34)(H,30,31,35)/b11-3-,22-4+. The van der Waals surface area contributed by atoms with Crippen molar-refractivity contribution in [2.45, 2.75) is 58.9 Å². The highest BCUT2D eigenvalue weighted by Crippen LogP contribution is 2.26. The SMILES string of the molecule is C/C=C\NC(=O)CCN1C(=O)NC(=NCC2CCCCC2)N(Cc2cc(F)c(F)c(F)c2)/C1=C/C. The monoisotopic (exact) mass is 491 g/mol. The first-order valence-corrected chi connectivity index (χ1v) is 11.9. The molecule has 7 nitrogen and oxygen atoms in total. The zero-order valence-corrected chi connectivity index (χ0v) is 20.1. The topological polar surface area (TPSA) is 77.0 Å². The molecule has 1 aliphatic carbocycles. The van der Waals surface area contributed by atoms with Crippen molar-refractivity contribution in [2.24, 2.45) is 10.9 Å². The van der Waals surface area contributed by atoms with Crippen LogP contribution in [-0.2, 0) is 11.3 Å². The first-order valence-electron chi connectivity index (χ1n) is 11.9. The van der Waals surface area contributed by atoms with Crippen molar-refractivity contribution in [3.05, 3.63) is 59.3 Å². The summed E-state index contributed by atoms with van der Waals surface area (Å²) in [5, 5.41) is 5.36. The number of urea groups is 1. The second-order valence-electron chi connectivity index (χ2n) is 8.67. The normalized spacial score (nSPS) is 19.6. The van der Waals surface area contributed by atoms with Gasteiger partial charge in [-0.05, 0) is 62.6 Å². The number of allylic oxidation sites excluding steroid dienone is 2. The predicted octanol–water partition coefficient (Wildman–Crippen LogP) is 4.77. The molecule has 3 rings (SSSR count). The Labute approximate surface area is 203 Å². The largest absolute Gasteiger partial charge is 0.333 e. The summed E-state index contributed by atoms with van der Waals surface area (Å²) in [7, 11) is 0. The third-order valence-electron chi connectivity index (χ3n) is 6.11. The lowest BCUT2D eigenvalue weighted by atomic mass is 9.89. The Morgan fingerprint density at radius 3 is 2.46 bits per heavy atom. The lowest BCUT2D eigenvalue weighted by Gasteiger charge is -2.40. The molecule has 190 valence electrons. The summed E-state index contributed by atoms with van der Waals surface area (Å²) in [5.41, 5.74) is 0.174. The zero-order valence-electron chi connectivity index (χ0n) is 20.1. The minimum atomic E-state index is -1.54. The number of halogens is 3. The Bertz CT molecular complexity index is 995. The van der Waals surface area contributed by atoms with E-state index in [-0.39, 0.29) is 36.9 Å². The zero-order chi connectivity index (χ0) is 25.4. The van der Waals surface area contributed by atoms with Crippen molar-refractivity contribution < 1.29 is 22.8 Å². The number of hydrogen-bond acceptors (Lipinski definition) is 3. The number of hydrogen-bond donors (Lipinski definition) is 2. The van der Waals surface area contributed by atoms with Crippen molar-refractivity contribution in [3.8, 4) is 0 Å². The van der Waals surface area contributed by atoms with E-state index >= 15 is 0 Å². The fourth-order valence-corrected chi connectivity index (χ4v) is 4.33. The van der Waals surface area contributed by atoms with Crippen LogP contribution in [0, 0.1) is 23.4 Å². The molecule has 1 heterocycles. The van der Waals surface area contributed by atoms with Gasteiger partial charge >= 0.3 is 6.03 Å². The van der Waals surface area contributed by atoms with Crippen LogP contribution >= 0.6 is 0 Å². The second-order valence-corrected chi connectivity index (χ2v) is 8.67. The molecule has 0 radical (unpaired) electrons. The van der Waals surface area contributed by atoms with Crippen LogP contribution in [0.1, 0.15) is 57.9 Å². The van der Waals surface area contributed by atoms with Crippen LogP contribution in [0.25, 0.3) is 0 Å². The maximum atomic E-state index is 13.9.